The Kier molecular flexibility index (Phi) is 11.8. The van der Waals surface area contributed by atoms with Crippen LogP contribution in [0.4, 0.5) is 17.2 Å². The van der Waals surface area contributed by atoms with Crippen molar-refractivity contribution >= 4 is 44.2 Å². The molecule has 342 valence electrons. The van der Waals surface area contributed by atoms with E-state index >= 15 is 0 Å². The Bertz CT molecular complexity index is 2680. The number of likely N-dealkylation sites (N-methyl/N-ethyl adjacent to an activating group) is 1. The van der Waals surface area contributed by atoms with E-state index in [1.54, 1.807) is 36.2 Å². The maximum absolute atomic E-state index is 14.0. The topological polar surface area (TPSA) is 179 Å². The minimum atomic E-state index is -4.59. The van der Waals surface area contributed by atoms with E-state index in [0.717, 1.165) is 94.6 Å². The number of hydrogen-bond donors (Lipinski definition) is 3. The number of carbonyl (C=O) groups is 1. The van der Waals surface area contributed by atoms with Gasteiger partial charge in [-0.1, -0.05) is 44.0 Å². The molecule has 10 rings (SSSR count). The predicted molar refractivity (Wildman–Crippen MR) is 250 cm³/mol. The van der Waals surface area contributed by atoms with Crippen LogP contribution in [0.15, 0.2) is 84.1 Å². The van der Waals surface area contributed by atoms with Crippen LogP contribution in [0.3, 0.4) is 0 Å². The molecule has 3 aromatic heterocycles. The number of H-pyrrole nitrogens is 1. The molecule has 2 saturated heterocycles. The van der Waals surface area contributed by atoms with Gasteiger partial charge >= 0.3 is 5.69 Å². The lowest BCUT2D eigenvalue weighted by atomic mass is 9.59. The quantitative estimate of drug-likeness (QED) is 0.0758. The van der Waals surface area contributed by atoms with Crippen LogP contribution in [0, 0.1) is 27.4 Å². The molecule has 3 saturated carbocycles. The lowest BCUT2D eigenvalue weighted by molar-refractivity contribution is -0.384. The fourth-order valence-electron chi connectivity index (χ4n) is 11.0. The molecule has 5 aromatic rings. The van der Waals surface area contributed by atoms with Gasteiger partial charge in [0, 0.05) is 80.8 Å². The Morgan fingerprint density at radius 3 is 2.46 bits per heavy atom. The molecule has 0 radical (unpaired) electrons. The van der Waals surface area contributed by atoms with E-state index < -0.39 is 31.4 Å². The van der Waals surface area contributed by atoms with Crippen LogP contribution in [-0.4, -0.2) is 96.4 Å². The van der Waals surface area contributed by atoms with E-state index in [0.29, 0.717) is 53.2 Å². The number of nitrogens with one attached hydrogen (secondary N) is 3. The molecule has 16 heteroatoms. The number of fused-ring (bicyclic) bond motifs is 1. The Morgan fingerprint density at radius 1 is 0.938 bits per heavy atom. The summed E-state index contributed by atoms with van der Waals surface area (Å²) in [4.78, 5) is 44.2. The summed E-state index contributed by atoms with van der Waals surface area (Å²) in [6.07, 6.45) is 15.7. The number of amides is 1. The highest BCUT2D eigenvalue weighted by molar-refractivity contribution is 7.90. The van der Waals surface area contributed by atoms with Crippen LogP contribution in [0.2, 0.25) is 0 Å². The summed E-state index contributed by atoms with van der Waals surface area (Å²) in [6, 6.07) is 19.9. The average Bonchev–Trinajstić information content (AvgIpc) is 4.04. The fourth-order valence-corrected chi connectivity index (χ4v) is 11.9. The summed E-state index contributed by atoms with van der Waals surface area (Å²) in [6.45, 7) is 7.65. The van der Waals surface area contributed by atoms with Crippen molar-refractivity contribution < 1.29 is 22.9 Å². The highest BCUT2D eigenvalue weighted by Crippen LogP contribution is 2.54. The Morgan fingerprint density at radius 2 is 1.71 bits per heavy atom. The van der Waals surface area contributed by atoms with Crippen LogP contribution in [0.1, 0.15) is 105 Å². The van der Waals surface area contributed by atoms with E-state index in [2.05, 4.69) is 77.9 Å². The smallest absolute Gasteiger partial charge is 0.312 e. The number of benzene rings is 2. The predicted octanol–water partition coefficient (Wildman–Crippen LogP) is 8.63. The Balaban J connectivity index is 0.840. The van der Waals surface area contributed by atoms with Crippen LogP contribution >= 0.6 is 0 Å². The molecule has 1 atom stereocenters. The Hall–Kier alpha value is -5.58. The number of rotatable bonds is 13. The van der Waals surface area contributed by atoms with Gasteiger partial charge in [-0.15, -0.1) is 0 Å². The van der Waals surface area contributed by atoms with Gasteiger partial charge in [-0.25, -0.2) is 23.1 Å². The largest absolute Gasteiger partial charge is 0.455 e. The first-order chi connectivity index (χ1) is 31.4. The summed E-state index contributed by atoms with van der Waals surface area (Å²) < 4.78 is 35.9. The summed E-state index contributed by atoms with van der Waals surface area (Å²) in [5.74, 6) is 1.30. The van der Waals surface area contributed by atoms with Crippen molar-refractivity contribution in [2.75, 3.05) is 56.5 Å². The van der Waals surface area contributed by atoms with Crippen LogP contribution in [-0.2, 0) is 10.0 Å². The van der Waals surface area contributed by atoms with Crippen molar-refractivity contribution in [1.82, 2.24) is 29.5 Å². The van der Waals surface area contributed by atoms with Crippen LogP contribution in [0.5, 0.6) is 11.5 Å². The normalized spacial score (nSPS) is 23.0. The van der Waals surface area contributed by atoms with Crippen molar-refractivity contribution in [3.63, 3.8) is 0 Å². The van der Waals surface area contributed by atoms with Gasteiger partial charge in [-0.05, 0) is 117 Å². The number of sulfonamides is 1. The minimum absolute atomic E-state index is 0.00657. The molecule has 65 heavy (non-hydrogen) atoms. The standard InChI is InChI=1S/C49H59N9O6S/c1-32-7-9-33(10-8-32)28-51-47-43(58(60)61)25-39(30-53-47)65(62,63)54-48(59)42-14-13-36(24-45(42)64-38-23-35-15-18-50-46(35)52-29-38)56-19-16-49(17-20-56)26-37(27-49)57-22-21-55(2)31-44(57)41-6-4-3-5-40(41)34-11-12-34/h3-6,13-15,18,23-25,29-30,32-34,37,44H,7-12,16-17,19-22,26-28,31H2,1-2H3,(H,50,52)(H,51,53)(H,54,59)/t32-,33+,44-/m0/s1. The van der Waals surface area contributed by atoms with E-state index in [1.807, 2.05) is 12.1 Å². The maximum atomic E-state index is 14.0. The lowest BCUT2D eigenvalue weighted by Crippen LogP contribution is -2.59. The highest BCUT2D eigenvalue weighted by atomic mass is 32.2. The molecule has 3 N–H and O–H groups in total. The minimum Gasteiger partial charge on any atom is -0.455 e. The van der Waals surface area contributed by atoms with Gasteiger partial charge in [0.2, 0.25) is 5.82 Å². The molecule has 0 bridgehead atoms. The monoisotopic (exact) mass is 901 g/mol. The SMILES string of the molecule is CN1CCN(C2CC3(CCN(c4ccc(C(=O)NS(=O)(=O)c5cnc(NC[C@H]6CC[C@@H](C)CC6)c([N+](=O)[O-])c5)c(Oc5cnc6[nH]ccc6c5)c4)CC3)C2)[C@H](c2ccccc2C2CC2)C1. The average molecular weight is 902 g/mol. The summed E-state index contributed by atoms with van der Waals surface area (Å²) in [7, 11) is -2.34. The number of nitrogens with zero attached hydrogens (tertiary/aromatic N) is 6. The molecule has 5 aliphatic rings. The van der Waals surface area contributed by atoms with Crippen LogP contribution < -0.4 is 19.7 Å². The second kappa shape index (κ2) is 17.7. The van der Waals surface area contributed by atoms with Gasteiger partial charge in [-0.2, -0.15) is 0 Å². The molecule has 15 nitrogen and oxygen atoms in total. The van der Waals surface area contributed by atoms with Crippen molar-refractivity contribution in [2.45, 2.75) is 94.0 Å². The van der Waals surface area contributed by atoms with Crippen molar-refractivity contribution in [3.8, 4) is 11.5 Å². The van der Waals surface area contributed by atoms with E-state index in [9.17, 15) is 23.3 Å². The number of piperazine rings is 1. The molecular formula is C49H59N9O6S. The number of aromatic amines is 1. The van der Waals surface area contributed by atoms with E-state index in [1.165, 1.54) is 31.2 Å². The second-order valence-corrected chi connectivity index (χ2v) is 21.3. The zero-order valence-corrected chi connectivity index (χ0v) is 38.1. The number of pyridine rings is 2. The summed E-state index contributed by atoms with van der Waals surface area (Å²) >= 11 is 0. The van der Waals surface area contributed by atoms with Gasteiger partial charge in [0.1, 0.15) is 22.0 Å². The number of ether oxygens (including phenoxy) is 1. The molecule has 5 heterocycles. The maximum Gasteiger partial charge on any atom is 0.312 e. The molecule has 2 aliphatic heterocycles. The molecule has 3 aliphatic carbocycles. The third kappa shape index (κ3) is 9.17. The van der Waals surface area contributed by atoms with Crippen molar-refractivity contribution in [1.29, 1.82) is 0 Å². The third-order valence-corrected chi connectivity index (χ3v) is 16.4. The molecule has 2 aromatic carbocycles. The lowest BCUT2D eigenvalue weighted by Gasteiger charge is -2.58. The molecule has 1 spiro atoms. The Labute approximate surface area is 380 Å². The molecular weight excluding hydrogens is 843 g/mol. The molecule has 5 fully saturated rings. The van der Waals surface area contributed by atoms with Crippen LogP contribution in [0.25, 0.3) is 11.0 Å². The van der Waals surface area contributed by atoms with Crippen molar-refractivity contribution in [2.24, 2.45) is 17.3 Å². The van der Waals surface area contributed by atoms with Gasteiger partial charge in [0.05, 0.1) is 22.9 Å². The number of anilines is 2. The number of aromatic nitrogens is 3. The van der Waals surface area contributed by atoms with E-state index in [4.69, 9.17) is 4.74 Å². The highest BCUT2D eigenvalue weighted by Gasteiger charge is 2.50. The number of carbonyl (C=O) groups excluding carboxylic acids is 1. The fraction of sp³-hybridized carbons (Fsp3) is 0.490. The number of hydrogen-bond acceptors (Lipinski definition) is 12. The second-order valence-electron chi connectivity index (χ2n) is 19.6. The zero-order chi connectivity index (χ0) is 44.9. The number of piperidine rings is 1. The molecule has 0 unspecified atom stereocenters. The third-order valence-electron chi connectivity index (χ3n) is 15.1. The van der Waals surface area contributed by atoms with Gasteiger partial charge < -0.3 is 24.8 Å². The van der Waals surface area contributed by atoms with Crippen molar-refractivity contribution in [3.05, 3.63) is 106 Å². The first kappa shape index (κ1) is 43.3. The zero-order valence-electron chi connectivity index (χ0n) is 37.2. The van der Waals surface area contributed by atoms with Gasteiger partial charge in [-0.3, -0.25) is 19.8 Å². The first-order valence-corrected chi connectivity index (χ1v) is 24.9. The van der Waals surface area contributed by atoms with Gasteiger partial charge in [0.15, 0.2) is 0 Å². The van der Waals surface area contributed by atoms with Gasteiger partial charge in [0.25, 0.3) is 15.9 Å². The number of nitro groups is 1. The molecule has 1 amide bonds. The first-order valence-electron chi connectivity index (χ1n) is 23.4. The summed E-state index contributed by atoms with van der Waals surface area (Å²) in [5.41, 5.74) is 4.41. The van der Waals surface area contributed by atoms with E-state index in [-0.39, 0.29) is 17.1 Å². The summed E-state index contributed by atoms with van der Waals surface area (Å²) in [5, 5.41) is 16.0.